The van der Waals surface area contributed by atoms with E-state index in [1.54, 1.807) is 0 Å². The molecule has 0 aliphatic heterocycles. The zero-order valence-electron chi connectivity index (χ0n) is 15.0. The molecule has 1 aliphatic rings. The average Bonchev–Trinajstić information content (AvgIpc) is 2.65. The first-order chi connectivity index (χ1) is 12.9. The van der Waals surface area contributed by atoms with Crippen molar-refractivity contribution < 1.29 is 28.3 Å². The van der Waals surface area contributed by atoms with E-state index in [2.05, 4.69) is 10.6 Å². The number of carbonyl (C=O) groups excluding carboxylic acids is 4. The molecule has 1 fully saturated rings. The number of hydrogen-bond donors (Lipinski definition) is 2. The van der Waals surface area contributed by atoms with Crippen LogP contribution in [0.1, 0.15) is 55.3 Å². The second kappa shape index (κ2) is 10.4. The van der Waals surface area contributed by atoms with E-state index in [0.29, 0.717) is 5.56 Å². The number of benzene rings is 1. The van der Waals surface area contributed by atoms with Crippen molar-refractivity contribution in [2.45, 2.75) is 51.0 Å². The van der Waals surface area contributed by atoms with Crippen LogP contribution in [-0.4, -0.2) is 36.3 Å². The lowest BCUT2D eigenvalue weighted by atomic mass is 9.96. The van der Waals surface area contributed by atoms with Crippen LogP contribution in [-0.2, 0) is 14.3 Å². The molecular formula is C19H23FN2O5. The molecule has 146 valence electrons. The molecule has 1 saturated carbocycles. The molecule has 0 aromatic heterocycles. The molecule has 0 atom stereocenters. The molecule has 0 heterocycles. The second-order valence-corrected chi connectivity index (χ2v) is 6.45. The van der Waals surface area contributed by atoms with Gasteiger partial charge in [0.05, 0.1) is 6.42 Å². The van der Waals surface area contributed by atoms with Crippen LogP contribution < -0.4 is 10.6 Å². The number of rotatable bonds is 7. The lowest BCUT2D eigenvalue weighted by Gasteiger charge is -2.22. The standard InChI is InChI=1S/C19H23FN2O5/c20-14-8-6-13(7-9-14)16(23)10-11-18(25)27-12-17(24)22-19(26)21-15-4-2-1-3-5-15/h6-9,15H,1-5,10-12H2,(H2,21,22,24,26). The number of halogens is 1. The van der Waals surface area contributed by atoms with Crippen molar-refractivity contribution in [3.05, 3.63) is 35.6 Å². The molecule has 0 bridgehead atoms. The highest BCUT2D eigenvalue weighted by Crippen LogP contribution is 2.17. The quantitative estimate of drug-likeness (QED) is 0.561. The molecule has 8 heteroatoms. The van der Waals surface area contributed by atoms with E-state index >= 15 is 0 Å². The molecule has 27 heavy (non-hydrogen) atoms. The number of esters is 1. The summed E-state index contributed by atoms with van der Waals surface area (Å²) in [7, 11) is 0. The normalized spacial score (nSPS) is 14.3. The number of carbonyl (C=O) groups is 4. The van der Waals surface area contributed by atoms with E-state index in [1.807, 2.05) is 0 Å². The molecule has 2 rings (SSSR count). The van der Waals surface area contributed by atoms with Gasteiger partial charge in [-0.05, 0) is 37.1 Å². The van der Waals surface area contributed by atoms with Crippen molar-refractivity contribution in [2.24, 2.45) is 0 Å². The maximum absolute atomic E-state index is 12.8. The summed E-state index contributed by atoms with van der Waals surface area (Å²) in [6.45, 7) is -0.596. The topological polar surface area (TPSA) is 102 Å². The van der Waals surface area contributed by atoms with Gasteiger partial charge in [-0.15, -0.1) is 0 Å². The highest BCUT2D eigenvalue weighted by Gasteiger charge is 2.18. The van der Waals surface area contributed by atoms with Gasteiger partial charge in [-0.25, -0.2) is 9.18 Å². The smallest absolute Gasteiger partial charge is 0.321 e. The number of nitrogens with one attached hydrogen (secondary N) is 2. The summed E-state index contributed by atoms with van der Waals surface area (Å²) in [5, 5.41) is 4.83. The molecule has 1 aromatic carbocycles. The number of urea groups is 1. The van der Waals surface area contributed by atoms with E-state index in [9.17, 15) is 23.6 Å². The maximum Gasteiger partial charge on any atom is 0.321 e. The second-order valence-electron chi connectivity index (χ2n) is 6.45. The summed E-state index contributed by atoms with van der Waals surface area (Å²) in [4.78, 5) is 46.8. The van der Waals surface area contributed by atoms with E-state index in [4.69, 9.17) is 4.74 Å². The van der Waals surface area contributed by atoms with Gasteiger partial charge in [-0.1, -0.05) is 19.3 Å². The van der Waals surface area contributed by atoms with Gasteiger partial charge in [-0.2, -0.15) is 0 Å². The fraction of sp³-hybridized carbons (Fsp3) is 0.474. The van der Waals surface area contributed by atoms with Gasteiger partial charge >= 0.3 is 12.0 Å². The number of Topliss-reactive ketones (excluding diaryl/α,β-unsaturated/α-hetero) is 1. The number of ether oxygens (including phenoxy) is 1. The molecule has 0 saturated heterocycles. The first kappa shape index (κ1) is 20.5. The highest BCUT2D eigenvalue weighted by atomic mass is 19.1. The van der Waals surface area contributed by atoms with Gasteiger partial charge in [0.25, 0.3) is 5.91 Å². The molecule has 1 aliphatic carbocycles. The lowest BCUT2D eigenvalue weighted by molar-refractivity contribution is -0.148. The van der Waals surface area contributed by atoms with Gasteiger partial charge in [0.1, 0.15) is 5.82 Å². The van der Waals surface area contributed by atoms with Crippen LogP contribution in [0.25, 0.3) is 0 Å². The van der Waals surface area contributed by atoms with Gasteiger partial charge in [-0.3, -0.25) is 19.7 Å². The SMILES string of the molecule is O=C(COC(=O)CCC(=O)c1ccc(F)cc1)NC(=O)NC1CCCCC1. The molecular weight excluding hydrogens is 355 g/mol. The minimum absolute atomic E-state index is 0.0616. The van der Waals surface area contributed by atoms with Crippen molar-refractivity contribution in [2.75, 3.05) is 6.61 Å². The van der Waals surface area contributed by atoms with Gasteiger partial charge in [0.15, 0.2) is 12.4 Å². The Morgan fingerprint density at radius 3 is 2.33 bits per heavy atom. The third kappa shape index (κ3) is 7.55. The zero-order valence-corrected chi connectivity index (χ0v) is 15.0. The van der Waals surface area contributed by atoms with Crippen LogP contribution in [0.2, 0.25) is 0 Å². The largest absolute Gasteiger partial charge is 0.456 e. The first-order valence-electron chi connectivity index (χ1n) is 8.99. The van der Waals surface area contributed by atoms with Gasteiger partial charge in [0.2, 0.25) is 0 Å². The van der Waals surface area contributed by atoms with Crippen LogP contribution >= 0.6 is 0 Å². The minimum atomic E-state index is -0.735. The Morgan fingerprint density at radius 2 is 1.67 bits per heavy atom. The maximum atomic E-state index is 12.8. The Labute approximate surface area is 156 Å². The minimum Gasteiger partial charge on any atom is -0.456 e. The number of imide groups is 1. The number of hydrogen-bond acceptors (Lipinski definition) is 5. The molecule has 3 amide bonds. The van der Waals surface area contributed by atoms with Crippen LogP contribution in [0.5, 0.6) is 0 Å². The van der Waals surface area contributed by atoms with Crippen molar-refractivity contribution in [3.8, 4) is 0 Å². The Hall–Kier alpha value is -2.77. The molecule has 2 N–H and O–H groups in total. The summed E-state index contributed by atoms with van der Waals surface area (Å²) >= 11 is 0. The van der Waals surface area contributed by atoms with E-state index in [0.717, 1.165) is 44.2 Å². The molecule has 0 unspecified atom stereocenters. The fourth-order valence-electron chi connectivity index (χ4n) is 2.85. The Bertz CT molecular complexity index is 684. The van der Waals surface area contributed by atoms with E-state index < -0.39 is 30.3 Å². The van der Waals surface area contributed by atoms with Crippen molar-refractivity contribution in [1.29, 1.82) is 0 Å². The zero-order chi connectivity index (χ0) is 19.6. The molecule has 1 aromatic rings. The van der Waals surface area contributed by atoms with Gasteiger partial charge in [0, 0.05) is 18.0 Å². The lowest BCUT2D eigenvalue weighted by Crippen LogP contribution is -2.46. The first-order valence-corrected chi connectivity index (χ1v) is 8.99. The Balaban J connectivity index is 1.62. The molecule has 0 spiro atoms. The number of amides is 3. The molecule has 0 radical (unpaired) electrons. The third-order valence-corrected chi connectivity index (χ3v) is 4.28. The van der Waals surface area contributed by atoms with Crippen LogP contribution in [0.3, 0.4) is 0 Å². The van der Waals surface area contributed by atoms with Crippen LogP contribution in [0.15, 0.2) is 24.3 Å². The van der Waals surface area contributed by atoms with Crippen molar-refractivity contribution in [3.63, 3.8) is 0 Å². The Kier molecular flexibility index (Phi) is 7.91. The van der Waals surface area contributed by atoms with Gasteiger partial charge < -0.3 is 10.1 Å². The third-order valence-electron chi connectivity index (χ3n) is 4.28. The van der Waals surface area contributed by atoms with Crippen molar-refractivity contribution >= 4 is 23.7 Å². The van der Waals surface area contributed by atoms with Crippen molar-refractivity contribution in [1.82, 2.24) is 10.6 Å². The predicted octanol–water partition coefficient (Wildman–Crippen LogP) is 2.49. The highest BCUT2D eigenvalue weighted by molar-refractivity contribution is 5.98. The summed E-state index contributed by atoms with van der Waals surface area (Å²) in [5.41, 5.74) is 0.293. The average molecular weight is 378 g/mol. The Morgan fingerprint density at radius 1 is 1.00 bits per heavy atom. The fourth-order valence-corrected chi connectivity index (χ4v) is 2.85. The monoisotopic (exact) mass is 378 g/mol. The van der Waals surface area contributed by atoms with Crippen LogP contribution in [0.4, 0.5) is 9.18 Å². The van der Waals surface area contributed by atoms with Crippen LogP contribution in [0, 0.1) is 5.82 Å². The van der Waals surface area contributed by atoms with E-state index in [1.165, 1.54) is 12.1 Å². The summed E-state index contributed by atoms with van der Waals surface area (Å²) < 4.78 is 17.6. The number of ketones is 1. The molecule has 7 nitrogen and oxygen atoms in total. The predicted molar refractivity (Wildman–Crippen MR) is 94.5 cm³/mol. The summed E-state index contributed by atoms with van der Waals surface area (Å²) in [5.74, 6) is -2.25. The van der Waals surface area contributed by atoms with E-state index in [-0.39, 0.29) is 24.7 Å². The summed E-state index contributed by atoms with van der Waals surface area (Å²) in [6, 6.07) is 4.45. The summed E-state index contributed by atoms with van der Waals surface area (Å²) in [6.07, 6.45) is 4.70.